The van der Waals surface area contributed by atoms with E-state index in [0.29, 0.717) is 6.04 Å². The maximum atomic E-state index is 5.76. The van der Waals surface area contributed by atoms with Crippen LogP contribution in [0.5, 0.6) is 0 Å². The molecule has 0 radical (unpaired) electrons. The molecule has 0 aromatic heterocycles. The third-order valence-electron chi connectivity index (χ3n) is 1.61. The molecule has 13 heavy (non-hydrogen) atoms. The Morgan fingerprint density at radius 1 is 1.00 bits per heavy atom. The monoisotopic (exact) mass is 272 g/mol. The smallest absolute Gasteiger partial charge is 0.126 e. The van der Waals surface area contributed by atoms with Crippen molar-refractivity contribution in [3.05, 3.63) is 34.9 Å². The van der Waals surface area contributed by atoms with E-state index >= 15 is 0 Å². The fourth-order valence-electron chi connectivity index (χ4n) is 0.937. The van der Waals surface area contributed by atoms with Gasteiger partial charge in [0, 0.05) is 5.02 Å². The summed E-state index contributed by atoms with van der Waals surface area (Å²) >= 11 is 23.0. The summed E-state index contributed by atoms with van der Waals surface area (Å²) in [5.41, 5.74) is 1.16. The summed E-state index contributed by atoms with van der Waals surface area (Å²) < 4.78 is 0. The van der Waals surface area contributed by atoms with E-state index < -0.39 is 6.00 Å². The lowest BCUT2D eigenvalue weighted by Gasteiger charge is -2.06. The van der Waals surface area contributed by atoms with Crippen molar-refractivity contribution in [2.24, 2.45) is 0 Å². The van der Waals surface area contributed by atoms with Crippen molar-refractivity contribution in [1.82, 2.24) is 0 Å². The maximum absolute atomic E-state index is 5.76. The van der Waals surface area contributed by atoms with Gasteiger partial charge in [-0.25, -0.2) is 0 Å². The first kappa shape index (κ1) is 11.7. The predicted octanol–water partition coefficient (Wildman–Crippen LogP) is 4.54. The summed E-state index contributed by atoms with van der Waals surface area (Å²) in [5, 5.41) is 0.731. The lowest BCUT2D eigenvalue weighted by Crippen LogP contribution is -2.09. The van der Waals surface area contributed by atoms with Crippen molar-refractivity contribution < 1.29 is 0 Å². The first-order valence-corrected chi connectivity index (χ1v) is 9.41. The van der Waals surface area contributed by atoms with Gasteiger partial charge >= 0.3 is 6.00 Å². The van der Waals surface area contributed by atoms with E-state index in [-0.39, 0.29) is 0 Å². The summed E-state index contributed by atoms with van der Waals surface area (Å²) in [4.78, 5) is 0. The van der Waals surface area contributed by atoms with Crippen molar-refractivity contribution in [1.29, 1.82) is 0 Å². The molecular weight excluding hydrogens is 266 g/mol. The van der Waals surface area contributed by atoms with Gasteiger partial charge in [-0.2, -0.15) is 0 Å². The zero-order valence-electron chi connectivity index (χ0n) is 6.74. The lowest BCUT2D eigenvalue weighted by molar-refractivity contribution is 1.12. The van der Waals surface area contributed by atoms with Crippen molar-refractivity contribution in [3.63, 3.8) is 0 Å². The molecule has 5 heteroatoms. The van der Waals surface area contributed by atoms with E-state index in [9.17, 15) is 0 Å². The molecule has 0 unspecified atom stereocenters. The number of hydrogen-bond acceptors (Lipinski definition) is 0. The van der Waals surface area contributed by atoms with Crippen LogP contribution in [-0.4, -0.2) is 6.00 Å². The molecule has 0 amide bonds. The van der Waals surface area contributed by atoms with E-state index in [1.54, 1.807) is 0 Å². The van der Waals surface area contributed by atoms with Gasteiger partial charge in [-0.05, 0) is 30.2 Å². The molecule has 0 spiro atoms. The van der Waals surface area contributed by atoms with E-state index in [1.807, 2.05) is 24.3 Å². The van der Waals surface area contributed by atoms with E-state index in [1.165, 1.54) is 0 Å². The first-order chi connectivity index (χ1) is 5.97. The minimum absolute atomic E-state index is 0.652. The van der Waals surface area contributed by atoms with Crippen LogP contribution in [0.25, 0.3) is 0 Å². The Morgan fingerprint density at radius 2 is 1.54 bits per heavy atom. The zero-order chi connectivity index (χ0) is 9.90. The minimum atomic E-state index is -2.47. The average Bonchev–Trinajstić information content (AvgIpc) is 2.02. The summed E-state index contributed by atoms with van der Waals surface area (Å²) in [6.07, 6.45) is 0.805. The molecule has 0 aliphatic heterocycles. The van der Waals surface area contributed by atoms with Gasteiger partial charge in [0.1, 0.15) is 0 Å². The molecule has 0 saturated carbocycles. The summed E-state index contributed by atoms with van der Waals surface area (Å²) in [6, 6.07) is 5.77. The highest BCUT2D eigenvalue weighted by Crippen LogP contribution is 2.26. The van der Waals surface area contributed by atoms with Gasteiger partial charge in [0.2, 0.25) is 0 Å². The predicted molar refractivity (Wildman–Crippen MR) is 63.3 cm³/mol. The van der Waals surface area contributed by atoms with Crippen molar-refractivity contribution in [3.8, 4) is 0 Å². The van der Waals surface area contributed by atoms with Crippen LogP contribution < -0.4 is 0 Å². The summed E-state index contributed by atoms with van der Waals surface area (Å²) in [6.45, 7) is 0. The number of aryl methyl sites for hydroxylation is 1. The Kier molecular flexibility index (Phi) is 4.40. The van der Waals surface area contributed by atoms with E-state index in [2.05, 4.69) is 0 Å². The zero-order valence-corrected chi connectivity index (χ0v) is 10.8. The summed E-state index contributed by atoms with van der Waals surface area (Å²) in [5.74, 6) is 0. The van der Waals surface area contributed by atoms with Gasteiger partial charge in [-0.1, -0.05) is 23.7 Å². The quantitative estimate of drug-likeness (QED) is 0.560. The Bertz CT molecular complexity index is 264. The second kappa shape index (κ2) is 4.90. The molecule has 0 aliphatic rings. The molecule has 1 aromatic carbocycles. The Balaban J connectivity index is 2.51. The van der Waals surface area contributed by atoms with E-state index in [0.717, 1.165) is 17.0 Å². The van der Waals surface area contributed by atoms with Crippen LogP contribution in [0, 0.1) is 0 Å². The SMILES string of the molecule is Clc1ccc(CC[Si](Cl)(Cl)Cl)cc1. The molecule has 0 atom stereocenters. The number of hydrogen-bond donors (Lipinski definition) is 0. The Morgan fingerprint density at radius 3 is 2.00 bits per heavy atom. The van der Waals surface area contributed by atoms with Crippen molar-refractivity contribution >= 4 is 50.8 Å². The molecule has 0 nitrogen and oxygen atoms in total. The molecule has 0 heterocycles. The second-order valence-corrected chi connectivity index (χ2v) is 12.5. The molecule has 0 saturated heterocycles. The highest BCUT2D eigenvalue weighted by Gasteiger charge is 2.23. The van der Waals surface area contributed by atoms with Crippen LogP contribution in [0.1, 0.15) is 5.56 Å². The fraction of sp³-hybridized carbons (Fsp3) is 0.250. The highest BCUT2D eigenvalue weighted by atomic mass is 35.8. The maximum Gasteiger partial charge on any atom is 0.341 e. The molecule has 0 bridgehead atoms. The molecule has 0 fully saturated rings. The first-order valence-electron chi connectivity index (χ1n) is 3.78. The van der Waals surface area contributed by atoms with Gasteiger partial charge in [0.05, 0.1) is 0 Å². The van der Waals surface area contributed by atoms with Gasteiger partial charge in [0.15, 0.2) is 0 Å². The van der Waals surface area contributed by atoms with Gasteiger partial charge in [-0.3, -0.25) is 0 Å². The third-order valence-corrected chi connectivity index (χ3v) is 4.38. The normalized spacial score (nSPS) is 11.7. The number of benzene rings is 1. The molecule has 0 aliphatic carbocycles. The fourth-order valence-corrected chi connectivity index (χ4v) is 2.49. The summed E-state index contributed by atoms with van der Waals surface area (Å²) in [7, 11) is 0. The molecule has 1 rings (SSSR count). The highest BCUT2D eigenvalue weighted by molar-refractivity contribution is 7.64. The van der Waals surface area contributed by atoms with Crippen LogP contribution >= 0.6 is 44.8 Å². The van der Waals surface area contributed by atoms with Crippen LogP contribution in [0.4, 0.5) is 0 Å². The van der Waals surface area contributed by atoms with Crippen molar-refractivity contribution in [2.45, 2.75) is 12.5 Å². The molecular formula is C8H8Cl4Si. The average molecular weight is 274 g/mol. The van der Waals surface area contributed by atoms with Crippen molar-refractivity contribution in [2.75, 3.05) is 0 Å². The standard InChI is InChI=1S/C8H8Cl4Si/c9-8-3-1-7(2-4-8)5-6-13(10,11)12/h1-4H,5-6H2. The number of halogens is 4. The molecule has 0 N–H and O–H groups in total. The Labute approximate surface area is 97.9 Å². The van der Waals surface area contributed by atoms with Crippen LogP contribution in [0.15, 0.2) is 24.3 Å². The molecule has 1 aromatic rings. The Hall–Kier alpha value is 0.597. The molecule has 72 valence electrons. The largest absolute Gasteiger partial charge is 0.341 e. The van der Waals surface area contributed by atoms with Crippen LogP contribution in [0.3, 0.4) is 0 Å². The third kappa shape index (κ3) is 5.14. The van der Waals surface area contributed by atoms with Gasteiger partial charge < -0.3 is 0 Å². The number of rotatable bonds is 3. The van der Waals surface area contributed by atoms with Gasteiger partial charge in [0.25, 0.3) is 0 Å². The van der Waals surface area contributed by atoms with E-state index in [4.69, 9.17) is 44.8 Å². The topological polar surface area (TPSA) is 0 Å². The van der Waals surface area contributed by atoms with Crippen LogP contribution in [0.2, 0.25) is 11.1 Å². The lowest BCUT2D eigenvalue weighted by atomic mass is 10.2. The second-order valence-electron chi connectivity index (χ2n) is 2.74. The minimum Gasteiger partial charge on any atom is -0.126 e. The van der Waals surface area contributed by atoms with Crippen LogP contribution in [-0.2, 0) is 6.42 Å². The van der Waals surface area contributed by atoms with Gasteiger partial charge in [-0.15, -0.1) is 33.2 Å².